The van der Waals surface area contributed by atoms with Gasteiger partial charge in [-0.25, -0.2) is 5.48 Å². The van der Waals surface area contributed by atoms with E-state index in [9.17, 15) is 49.6 Å². The Kier molecular flexibility index (Phi) is 13.8. The minimum atomic E-state index is -1.06. The molecule has 266 valence electrons. The minimum absolute atomic E-state index is 0.0328. The van der Waals surface area contributed by atoms with Crippen LogP contribution in [-0.2, 0) is 33.4 Å². The number of hydrogen-bond acceptors (Lipinski definition) is 9. The molecule has 7 atom stereocenters. The van der Waals surface area contributed by atoms with Crippen LogP contribution in [-0.4, -0.2) is 92.9 Å². The second-order valence-electron chi connectivity index (χ2n) is 14.1. The van der Waals surface area contributed by atoms with E-state index in [-0.39, 0.29) is 55.8 Å². The van der Waals surface area contributed by atoms with Gasteiger partial charge in [0.2, 0.25) is 5.91 Å². The fraction of sp³-hybridized carbons (Fsp3) is 0.848. The maximum Gasteiger partial charge on any atom is 0.307 e. The van der Waals surface area contributed by atoms with Gasteiger partial charge in [-0.1, -0.05) is 0 Å². The van der Waals surface area contributed by atoms with Crippen molar-refractivity contribution >= 4 is 29.8 Å². The molecule has 47 heavy (non-hydrogen) atoms. The molecule has 0 aliphatic heterocycles. The number of hydrogen-bond donors (Lipinski definition) is 7. The van der Waals surface area contributed by atoms with Crippen molar-refractivity contribution in [3.8, 4) is 0 Å². The van der Waals surface area contributed by atoms with Crippen LogP contribution >= 0.6 is 0 Å². The topological polar surface area (TPSA) is 229 Å². The Labute approximate surface area is 274 Å². The van der Waals surface area contributed by atoms with Crippen LogP contribution in [0, 0.1) is 41.4 Å². The fourth-order valence-electron chi connectivity index (χ4n) is 8.52. The second-order valence-corrected chi connectivity index (χ2v) is 14.1. The highest BCUT2D eigenvalue weighted by molar-refractivity contribution is 5.86. The van der Waals surface area contributed by atoms with Crippen LogP contribution in [0.1, 0.15) is 96.3 Å². The predicted molar refractivity (Wildman–Crippen MR) is 164 cm³/mol. The van der Waals surface area contributed by atoms with Gasteiger partial charge in [-0.2, -0.15) is 0 Å². The van der Waals surface area contributed by atoms with Crippen molar-refractivity contribution < 1.29 is 59.1 Å². The van der Waals surface area contributed by atoms with Gasteiger partial charge in [0.25, 0.3) is 0 Å². The molecule has 0 spiro atoms. The first kappa shape index (κ1) is 37.0. The highest BCUT2D eigenvalue weighted by Crippen LogP contribution is 2.41. The lowest BCUT2D eigenvalue weighted by atomic mass is 9.66. The average Bonchev–Trinajstić information content (AvgIpc) is 3.05. The van der Waals surface area contributed by atoms with Crippen molar-refractivity contribution in [2.45, 2.75) is 121 Å². The van der Waals surface area contributed by atoms with E-state index >= 15 is 0 Å². The van der Waals surface area contributed by atoms with Gasteiger partial charge < -0.3 is 40.4 Å². The number of ether oxygens (including phenoxy) is 2. The highest BCUT2D eigenvalue weighted by Gasteiger charge is 2.45. The number of hydroxylamine groups is 1. The molecule has 0 saturated heterocycles. The molecule has 0 heterocycles. The Balaban J connectivity index is 1.10. The van der Waals surface area contributed by atoms with Crippen LogP contribution in [0.3, 0.4) is 0 Å². The molecule has 4 aliphatic rings. The van der Waals surface area contributed by atoms with Crippen LogP contribution in [0.15, 0.2) is 0 Å². The van der Waals surface area contributed by atoms with E-state index in [0.29, 0.717) is 38.9 Å². The van der Waals surface area contributed by atoms with Gasteiger partial charge in [0.15, 0.2) is 0 Å². The van der Waals surface area contributed by atoms with Crippen LogP contribution in [0.5, 0.6) is 0 Å². The van der Waals surface area contributed by atoms with E-state index in [1.165, 1.54) is 0 Å². The summed E-state index contributed by atoms with van der Waals surface area (Å²) >= 11 is 0. The Morgan fingerprint density at radius 3 is 1.62 bits per heavy atom. The van der Waals surface area contributed by atoms with E-state index in [1.54, 1.807) is 0 Å². The molecule has 1 amide bonds. The molecular weight excluding hydrogens is 616 g/mol. The summed E-state index contributed by atoms with van der Waals surface area (Å²) in [5.74, 6) is -8.38. The zero-order valence-electron chi connectivity index (χ0n) is 27.0. The smallest absolute Gasteiger partial charge is 0.307 e. The van der Waals surface area contributed by atoms with Gasteiger partial charge in [-0.15, -0.1) is 0 Å². The average molecular weight is 669 g/mol. The summed E-state index contributed by atoms with van der Waals surface area (Å²) < 4.78 is 12.1. The largest absolute Gasteiger partial charge is 0.481 e. The summed E-state index contributed by atoms with van der Waals surface area (Å²) in [7, 11) is 0. The number of nitrogens with one attached hydrogen (secondary N) is 2. The Bertz CT molecular complexity index is 1090. The number of amides is 1. The van der Waals surface area contributed by atoms with E-state index in [4.69, 9.17) is 9.47 Å². The van der Waals surface area contributed by atoms with Crippen LogP contribution in [0.25, 0.3) is 0 Å². The molecule has 0 aromatic rings. The van der Waals surface area contributed by atoms with Gasteiger partial charge in [-0.3, -0.25) is 24.0 Å². The van der Waals surface area contributed by atoms with E-state index in [1.807, 2.05) is 0 Å². The highest BCUT2D eigenvalue weighted by atomic mass is 16.5. The fourth-order valence-corrected chi connectivity index (χ4v) is 8.52. The Morgan fingerprint density at radius 1 is 0.596 bits per heavy atom. The zero-order valence-corrected chi connectivity index (χ0v) is 27.0. The number of carboxylic acid groups (broad SMARTS) is 4. The van der Waals surface area contributed by atoms with E-state index in [2.05, 4.69) is 10.8 Å². The maximum atomic E-state index is 12.9. The van der Waals surface area contributed by atoms with Crippen molar-refractivity contribution in [2.24, 2.45) is 41.4 Å². The maximum absolute atomic E-state index is 12.9. The number of carboxylic acids is 4. The normalized spacial score (nSPS) is 35.3. The zero-order chi connectivity index (χ0) is 34.1. The van der Waals surface area contributed by atoms with Crippen molar-refractivity contribution in [3.63, 3.8) is 0 Å². The molecule has 14 nitrogen and oxygen atoms in total. The van der Waals surface area contributed by atoms with Gasteiger partial charge in [0.05, 0.1) is 41.8 Å². The summed E-state index contributed by atoms with van der Waals surface area (Å²) in [5.41, 5.74) is 2.35. The first-order valence-corrected chi connectivity index (χ1v) is 17.3. The lowest BCUT2D eigenvalue weighted by Gasteiger charge is -2.42. The van der Waals surface area contributed by atoms with Gasteiger partial charge >= 0.3 is 23.9 Å². The minimum Gasteiger partial charge on any atom is -0.481 e. The molecule has 4 saturated carbocycles. The van der Waals surface area contributed by atoms with Crippen LogP contribution in [0.4, 0.5) is 0 Å². The molecule has 0 aromatic heterocycles. The third-order valence-corrected chi connectivity index (χ3v) is 11.3. The Morgan fingerprint density at radius 2 is 1.11 bits per heavy atom. The summed E-state index contributed by atoms with van der Waals surface area (Å²) in [4.78, 5) is 59.6. The second kappa shape index (κ2) is 17.5. The summed E-state index contributed by atoms with van der Waals surface area (Å²) in [5, 5.41) is 51.1. The Hall–Kier alpha value is -2.81. The summed E-state index contributed by atoms with van der Waals surface area (Å²) in [6.45, 7) is 1.07. The molecule has 7 N–H and O–H groups in total. The molecule has 0 radical (unpaired) electrons. The van der Waals surface area contributed by atoms with Crippen LogP contribution in [0.2, 0.25) is 0 Å². The molecular formula is C33H52N2O12. The van der Waals surface area contributed by atoms with Crippen molar-refractivity contribution in [1.29, 1.82) is 0 Å². The molecule has 4 rings (SSSR count). The first-order valence-electron chi connectivity index (χ1n) is 17.3. The summed E-state index contributed by atoms with van der Waals surface area (Å²) in [6.07, 6.45) is 8.19. The van der Waals surface area contributed by atoms with Gasteiger partial charge in [-0.05, 0) is 108 Å². The lowest BCUT2D eigenvalue weighted by Crippen LogP contribution is -2.49. The lowest BCUT2D eigenvalue weighted by molar-refractivity contribution is -0.154. The van der Waals surface area contributed by atoms with Gasteiger partial charge in [0.1, 0.15) is 0 Å². The van der Waals surface area contributed by atoms with Crippen molar-refractivity contribution in [1.82, 2.24) is 10.8 Å². The molecule has 4 aliphatic carbocycles. The monoisotopic (exact) mass is 668 g/mol. The standard InChI is InChI=1S/C33H52N2O12/c36-29(27-17-20(31(39)40)5-13-25(27)33(43)44)34-21-6-10-23(11-7-21)47-15-1-14-46-22-8-2-18(3-9-22)28(35-45)26-16-19(30(37)38)4-12-24(26)32(41)42/h18-28,35,45H,1-17H2,(H,34,36)(H,37,38)(H,39,40)(H,41,42)(H,43,44). The quantitative estimate of drug-likeness (QED) is 0.0984. The van der Waals surface area contributed by atoms with Crippen LogP contribution < -0.4 is 10.8 Å². The third-order valence-electron chi connectivity index (χ3n) is 11.3. The number of rotatable bonds is 15. The number of carbonyl (C=O) groups is 5. The van der Waals surface area contributed by atoms with E-state index in [0.717, 1.165) is 44.9 Å². The number of carbonyl (C=O) groups excluding carboxylic acids is 1. The molecule has 7 unspecified atom stereocenters. The number of aliphatic carboxylic acids is 4. The van der Waals surface area contributed by atoms with Crippen molar-refractivity contribution in [3.05, 3.63) is 0 Å². The molecule has 0 bridgehead atoms. The SMILES string of the molecule is O=C(O)C1CCC(C(=O)O)C(C(=O)NC2CCC(OCCCOC3CCC(C(NO)C4CC(C(=O)O)CCC4C(=O)O)CC3)CC2)C1. The molecule has 4 fully saturated rings. The van der Waals surface area contributed by atoms with Crippen molar-refractivity contribution in [2.75, 3.05) is 13.2 Å². The third kappa shape index (κ3) is 10.1. The van der Waals surface area contributed by atoms with Gasteiger partial charge in [0, 0.05) is 25.3 Å². The first-order chi connectivity index (χ1) is 22.5. The molecule has 0 aromatic carbocycles. The predicted octanol–water partition coefficient (Wildman–Crippen LogP) is 3.15. The van der Waals surface area contributed by atoms with E-state index < -0.39 is 65.4 Å². The molecule has 14 heteroatoms. The summed E-state index contributed by atoms with van der Waals surface area (Å²) in [6, 6.07) is -0.568.